The molecule has 0 bridgehead atoms. The fourth-order valence-corrected chi connectivity index (χ4v) is 1.35. The number of hydrogen-bond donors (Lipinski definition) is 3. The lowest BCUT2D eigenvalue weighted by atomic mass is 10.2. The van der Waals surface area contributed by atoms with Crippen molar-refractivity contribution in [2.75, 3.05) is 12.3 Å². The molecule has 94 valence electrons. The van der Waals surface area contributed by atoms with Gasteiger partial charge in [0.2, 0.25) is 5.91 Å². The molecule has 5 nitrogen and oxygen atoms in total. The number of aliphatic hydroxyl groups excluding tert-OH is 1. The summed E-state index contributed by atoms with van der Waals surface area (Å²) in [6, 6.07) is 3.45. The number of rotatable bonds is 6. The molecule has 0 radical (unpaired) electrons. The Morgan fingerprint density at radius 3 is 2.94 bits per heavy atom. The molecule has 0 aliphatic rings. The first-order valence-corrected chi connectivity index (χ1v) is 5.77. The molecular weight excluding hydrogens is 218 g/mol. The lowest BCUT2D eigenvalue weighted by molar-refractivity contribution is -0.120. The van der Waals surface area contributed by atoms with E-state index >= 15 is 0 Å². The van der Waals surface area contributed by atoms with Gasteiger partial charge < -0.3 is 16.2 Å². The Balaban J connectivity index is 2.27. The monoisotopic (exact) mass is 237 g/mol. The number of nitrogens with one attached hydrogen (secondary N) is 1. The summed E-state index contributed by atoms with van der Waals surface area (Å²) in [5.41, 5.74) is 6.77. The Hall–Kier alpha value is -1.62. The number of amides is 1. The number of nitrogens with zero attached hydrogens (tertiary/aromatic N) is 1. The van der Waals surface area contributed by atoms with Gasteiger partial charge in [-0.15, -0.1) is 0 Å². The van der Waals surface area contributed by atoms with Gasteiger partial charge in [-0.1, -0.05) is 6.92 Å². The smallest absolute Gasteiger partial charge is 0.226 e. The predicted molar refractivity (Wildman–Crippen MR) is 66.3 cm³/mol. The number of carbonyl (C=O) groups excluding carboxylic acids is 1. The molecule has 5 heteroatoms. The van der Waals surface area contributed by atoms with Gasteiger partial charge >= 0.3 is 0 Å². The van der Waals surface area contributed by atoms with Crippen LogP contribution in [0.5, 0.6) is 0 Å². The first kappa shape index (κ1) is 13.4. The SMILES string of the molecule is CCC(O)CCNC(=O)Cc1ccc(N)cn1. The van der Waals surface area contributed by atoms with Crippen molar-refractivity contribution in [2.45, 2.75) is 32.3 Å². The molecule has 0 saturated carbocycles. The first-order chi connectivity index (χ1) is 8.11. The van der Waals surface area contributed by atoms with Gasteiger partial charge in [0.1, 0.15) is 0 Å². The molecule has 1 aromatic heterocycles. The number of pyridine rings is 1. The van der Waals surface area contributed by atoms with E-state index in [9.17, 15) is 9.90 Å². The minimum atomic E-state index is -0.343. The van der Waals surface area contributed by atoms with Gasteiger partial charge in [0.25, 0.3) is 0 Å². The van der Waals surface area contributed by atoms with E-state index in [4.69, 9.17) is 5.73 Å². The van der Waals surface area contributed by atoms with Crippen molar-refractivity contribution in [1.82, 2.24) is 10.3 Å². The molecule has 0 aromatic carbocycles. The quantitative estimate of drug-likeness (QED) is 0.671. The molecule has 17 heavy (non-hydrogen) atoms. The highest BCUT2D eigenvalue weighted by atomic mass is 16.3. The zero-order valence-electron chi connectivity index (χ0n) is 10.0. The van der Waals surface area contributed by atoms with Crippen molar-refractivity contribution in [1.29, 1.82) is 0 Å². The summed E-state index contributed by atoms with van der Waals surface area (Å²) in [7, 11) is 0. The van der Waals surface area contributed by atoms with Gasteiger partial charge in [0.15, 0.2) is 0 Å². The molecule has 1 aromatic rings. The summed E-state index contributed by atoms with van der Waals surface area (Å²) in [6.45, 7) is 2.40. The van der Waals surface area contributed by atoms with Gasteiger partial charge in [0.05, 0.1) is 24.4 Å². The van der Waals surface area contributed by atoms with E-state index in [0.717, 1.165) is 0 Å². The fraction of sp³-hybridized carbons (Fsp3) is 0.500. The van der Waals surface area contributed by atoms with Crippen molar-refractivity contribution in [3.8, 4) is 0 Å². The summed E-state index contributed by atoms with van der Waals surface area (Å²) in [5.74, 6) is -0.0921. The van der Waals surface area contributed by atoms with Crippen molar-refractivity contribution in [3.63, 3.8) is 0 Å². The summed E-state index contributed by atoms with van der Waals surface area (Å²) in [6.07, 6.45) is 2.71. The van der Waals surface area contributed by atoms with Gasteiger partial charge in [-0.05, 0) is 25.0 Å². The highest BCUT2D eigenvalue weighted by molar-refractivity contribution is 5.78. The van der Waals surface area contributed by atoms with E-state index < -0.39 is 0 Å². The highest BCUT2D eigenvalue weighted by Gasteiger charge is 2.05. The standard InChI is InChI=1S/C12H19N3O2/c1-2-11(16)5-6-14-12(17)7-10-4-3-9(13)8-15-10/h3-4,8,11,16H,2,5-7,13H2,1H3,(H,14,17). The highest BCUT2D eigenvalue weighted by Crippen LogP contribution is 2.01. The van der Waals surface area contributed by atoms with Gasteiger partial charge in [-0.25, -0.2) is 0 Å². The van der Waals surface area contributed by atoms with Crippen LogP contribution in [-0.4, -0.2) is 28.6 Å². The van der Waals surface area contributed by atoms with Crippen molar-refractivity contribution in [2.24, 2.45) is 0 Å². The fourth-order valence-electron chi connectivity index (χ4n) is 1.35. The Labute approximate surface area is 101 Å². The number of hydrogen-bond acceptors (Lipinski definition) is 4. The maximum atomic E-state index is 11.5. The predicted octanol–water partition coefficient (Wildman–Crippen LogP) is 0.483. The number of aromatic nitrogens is 1. The van der Waals surface area contributed by atoms with E-state index in [1.807, 2.05) is 6.92 Å². The average Bonchev–Trinajstić information content (AvgIpc) is 2.32. The topological polar surface area (TPSA) is 88.2 Å². The Bertz CT molecular complexity index is 351. The van der Waals surface area contributed by atoms with Crippen molar-refractivity contribution < 1.29 is 9.90 Å². The van der Waals surface area contributed by atoms with E-state index in [0.29, 0.717) is 30.8 Å². The molecule has 0 fully saturated rings. The summed E-state index contributed by atoms with van der Waals surface area (Å²) in [4.78, 5) is 15.5. The van der Waals surface area contributed by atoms with Crippen molar-refractivity contribution >= 4 is 11.6 Å². The van der Waals surface area contributed by atoms with E-state index in [1.54, 1.807) is 12.1 Å². The number of nitrogens with two attached hydrogens (primary N) is 1. The molecule has 0 aliphatic carbocycles. The van der Waals surface area contributed by atoms with Crippen LogP contribution in [0.3, 0.4) is 0 Å². The molecule has 1 atom stereocenters. The second-order valence-electron chi connectivity index (χ2n) is 3.96. The van der Waals surface area contributed by atoms with Crippen LogP contribution in [0.4, 0.5) is 5.69 Å². The Kier molecular flexibility index (Phi) is 5.42. The molecule has 1 heterocycles. The van der Waals surface area contributed by atoms with Crippen molar-refractivity contribution in [3.05, 3.63) is 24.0 Å². The van der Waals surface area contributed by atoms with E-state index in [-0.39, 0.29) is 18.4 Å². The normalized spacial score (nSPS) is 12.1. The molecular formula is C12H19N3O2. The number of nitrogen functional groups attached to an aromatic ring is 1. The Morgan fingerprint density at radius 1 is 1.59 bits per heavy atom. The van der Waals surface area contributed by atoms with Crippen LogP contribution < -0.4 is 11.1 Å². The number of anilines is 1. The second-order valence-corrected chi connectivity index (χ2v) is 3.96. The molecule has 0 spiro atoms. The molecule has 4 N–H and O–H groups in total. The van der Waals surface area contributed by atoms with Crippen LogP contribution in [0.15, 0.2) is 18.3 Å². The number of carbonyl (C=O) groups is 1. The average molecular weight is 237 g/mol. The Morgan fingerprint density at radius 2 is 2.35 bits per heavy atom. The maximum Gasteiger partial charge on any atom is 0.226 e. The van der Waals surface area contributed by atoms with Gasteiger partial charge in [-0.3, -0.25) is 9.78 Å². The lowest BCUT2D eigenvalue weighted by Crippen LogP contribution is -2.28. The third-order valence-electron chi connectivity index (χ3n) is 2.46. The largest absolute Gasteiger partial charge is 0.397 e. The molecule has 0 saturated heterocycles. The maximum absolute atomic E-state index is 11.5. The summed E-state index contributed by atoms with van der Waals surface area (Å²) in [5, 5.41) is 12.1. The summed E-state index contributed by atoms with van der Waals surface area (Å²) < 4.78 is 0. The zero-order valence-corrected chi connectivity index (χ0v) is 10.0. The molecule has 0 aliphatic heterocycles. The van der Waals surface area contributed by atoms with Crippen LogP contribution in [0, 0.1) is 0 Å². The van der Waals surface area contributed by atoms with Gasteiger partial charge in [0, 0.05) is 12.2 Å². The molecule has 1 rings (SSSR count). The van der Waals surface area contributed by atoms with E-state index in [1.165, 1.54) is 6.20 Å². The number of aliphatic hydroxyl groups is 1. The summed E-state index contributed by atoms with van der Waals surface area (Å²) >= 11 is 0. The van der Waals surface area contributed by atoms with Gasteiger partial charge in [-0.2, -0.15) is 0 Å². The third kappa shape index (κ3) is 5.31. The zero-order chi connectivity index (χ0) is 12.7. The molecule has 1 unspecified atom stereocenters. The van der Waals surface area contributed by atoms with Crippen LogP contribution >= 0.6 is 0 Å². The third-order valence-corrected chi connectivity index (χ3v) is 2.46. The minimum absolute atomic E-state index is 0.0921. The minimum Gasteiger partial charge on any atom is -0.397 e. The lowest BCUT2D eigenvalue weighted by Gasteiger charge is -2.08. The van der Waals surface area contributed by atoms with Crippen LogP contribution in [-0.2, 0) is 11.2 Å². The van der Waals surface area contributed by atoms with Crippen LogP contribution in [0.2, 0.25) is 0 Å². The molecule has 1 amide bonds. The van der Waals surface area contributed by atoms with Crippen LogP contribution in [0.25, 0.3) is 0 Å². The second kappa shape index (κ2) is 6.85. The first-order valence-electron chi connectivity index (χ1n) is 5.77. The van der Waals surface area contributed by atoms with E-state index in [2.05, 4.69) is 10.3 Å². The van der Waals surface area contributed by atoms with Crippen LogP contribution in [0.1, 0.15) is 25.5 Å².